The molecule has 1 aromatic rings. The van der Waals surface area contributed by atoms with Crippen molar-refractivity contribution in [2.75, 3.05) is 26.8 Å². The van der Waals surface area contributed by atoms with Gasteiger partial charge in [0.2, 0.25) is 5.91 Å². The normalized spacial score (nSPS) is 10.4. The lowest BCUT2D eigenvalue weighted by Gasteiger charge is -2.06. The predicted molar refractivity (Wildman–Crippen MR) is 65.6 cm³/mol. The quantitative estimate of drug-likeness (QED) is 0.699. The van der Waals surface area contributed by atoms with E-state index in [4.69, 9.17) is 4.74 Å². The molecule has 1 heterocycles. The highest BCUT2D eigenvalue weighted by atomic mass is 32.1. The molecule has 1 rings (SSSR count). The molecule has 0 unspecified atom stereocenters. The molecule has 1 aromatic heterocycles. The minimum atomic E-state index is 0.0155. The number of aryl methyl sites for hydroxylation is 1. The summed E-state index contributed by atoms with van der Waals surface area (Å²) in [6.07, 6.45) is 0. The summed E-state index contributed by atoms with van der Waals surface area (Å²) in [7, 11) is 1.64. The van der Waals surface area contributed by atoms with Gasteiger partial charge in [0.25, 0.3) is 0 Å². The highest BCUT2D eigenvalue weighted by Crippen LogP contribution is 2.12. The average Bonchev–Trinajstić information content (AvgIpc) is 2.67. The van der Waals surface area contributed by atoms with E-state index in [1.165, 1.54) is 11.1 Å². The van der Waals surface area contributed by atoms with Crippen LogP contribution in [0.15, 0.2) is 10.8 Å². The number of rotatable bonds is 7. The fraction of sp³-hybridized carbons (Fsp3) is 0.545. The Bertz CT molecular complexity index is 326. The second-order valence-corrected chi connectivity index (χ2v) is 4.27. The van der Waals surface area contributed by atoms with Crippen LogP contribution in [0.1, 0.15) is 11.1 Å². The van der Waals surface area contributed by atoms with Crippen LogP contribution in [-0.2, 0) is 16.1 Å². The van der Waals surface area contributed by atoms with Gasteiger partial charge in [-0.3, -0.25) is 4.79 Å². The van der Waals surface area contributed by atoms with Crippen LogP contribution in [0.2, 0.25) is 0 Å². The Morgan fingerprint density at radius 3 is 2.94 bits per heavy atom. The van der Waals surface area contributed by atoms with Crippen molar-refractivity contribution in [2.45, 2.75) is 13.5 Å². The van der Waals surface area contributed by atoms with Crippen molar-refractivity contribution in [1.82, 2.24) is 10.6 Å². The molecule has 0 fully saturated rings. The number of thiophene rings is 1. The number of nitrogens with one attached hydrogen (secondary N) is 2. The lowest BCUT2D eigenvalue weighted by atomic mass is 10.2. The van der Waals surface area contributed by atoms with E-state index in [0.29, 0.717) is 26.2 Å². The first-order chi connectivity index (χ1) is 7.74. The zero-order chi connectivity index (χ0) is 11.8. The van der Waals surface area contributed by atoms with Crippen LogP contribution in [-0.4, -0.2) is 32.7 Å². The third-order valence-electron chi connectivity index (χ3n) is 2.21. The van der Waals surface area contributed by atoms with E-state index >= 15 is 0 Å². The van der Waals surface area contributed by atoms with Crippen molar-refractivity contribution < 1.29 is 9.53 Å². The Balaban J connectivity index is 2.13. The first kappa shape index (κ1) is 13.2. The summed E-state index contributed by atoms with van der Waals surface area (Å²) in [4.78, 5) is 11.4. The molecular weight excluding hydrogens is 224 g/mol. The Morgan fingerprint density at radius 1 is 1.50 bits per heavy atom. The fourth-order valence-electron chi connectivity index (χ4n) is 1.20. The summed E-state index contributed by atoms with van der Waals surface area (Å²) in [5.41, 5.74) is 2.42. The maximum Gasteiger partial charge on any atom is 0.234 e. The molecule has 0 aliphatic heterocycles. The lowest BCUT2D eigenvalue weighted by molar-refractivity contribution is -0.120. The topological polar surface area (TPSA) is 50.4 Å². The number of ether oxygens (including phenoxy) is 1. The molecule has 0 saturated carbocycles. The summed E-state index contributed by atoms with van der Waals surface area (Å²) in [6.45, 7) is 4.32. The number of methoxy groups -OCH3 is 1. The monoisotopic (exact) mass is 242 g/mol. The summed E-state index contributed by atoms with van der Waals surface area (Å²) in [5.74, 6) is 0.0155. The van der Waals surface area contributed by atoms with Crippen LogP contribution in [0.25, 0.3) is 0 Å². The molecule has 0 saturated heterocycles. The molecule has 0 aliphatic rings. The van der Waals surface area contributed by atoms with E-state index in [1.54, 1.807) is 18.4 Å². The van der Waals surface area contributed by atoms with Gasteiger partial charge in [0.15, 0.2) is 0 Å². The summed E-state index contributed by atoms with van der Waals surface area (Å²) >= 11 is 1.66. The molecule has 0 atom stereocenters. The largest absolute Gasteiger partial charge is 0.383 e. The first-order valence-corrected chi connectivity index (χ1v) is 6.16. The molecule has 0 aliphatic carbocycles. The number of amides is 1. The summed E-state index contributed by atoms with van der Waals surface area (Å²) < 4.78 is 4.87. The number of carbonyl (C=O) groups excluding carboxylic acids is 1. The second kappa shape index (κ2) is 7.38. The van der Waals surface area contributed by atoms with E-state index < -0.39 is 0 Å². The van der Waals surface area contributed by atoms with Gasteiger partial charge in [0, 0.05) is 20.2 Å². The Kier molecular flexibility index (Phi) is 6.07. The molecule has 5 heteroatoms. The Hall–Kier alpha value is -0.910. The van der Waals surface area contributed by atoms with E-state index in [1.807, 2.05) is 0 Å². The van der Waals surface area contributed by atoms with Gasteiger partial charge in [-0.15, -0.1) is 0 Å². The van der Waals surface area contributed by atoms with Gasteiger partial charge in [-0.2, -0.15) is 11.3 Å². The molecule has 4 nitrogen and oxygen atoms in total. The maximum atomic E-state index is 11.4. The van der Waals surface area contributed by atoms with Crippen LogP contribution in [0.5, 0.6) is 0 Å². The van der Waals surface area contributed by atoms with Crippen molar-refractivity contribution in [1.29, 1.82) is 0 Å². The van der Waals surface area contributed by atoms with Gasteiger partial charge in [0.1, 0.15) is 0 Å². The van der Waals surface area contributed by atoms with Crippen molar-refractivity contribution in [3.8, 4) is 0 Å². The minimum Gasteiger partial charge on any atom is -0.383 e. The van der Waals surface area contributed by atoms with E-state index in [0.717, 1.165) is 0 Å². The van der Waals surface area contributed by atoms with Gasteiger partial charge >= 0.3 is 0 Å². The highest BCUT2D eigenvalue weighted by Gasteiger charge is 2.02. The molecule has 0 radical (unpaired) electrons. The van der Waals surface area contributed by atoms with Gasteiger partial charge in [0.05, 0.1) is 13.2 Å². The van der Waals surface area contributed by atoms with E-state index in [-0.39, 0.29) is 5.91 Å². The fourth-order valence-corrected chi connectivity index (χ4v) is 2.06. The van der Waals surface area contributed by atoms with E-state index in [2.05, 4.69) is 28.3 Å². The molecule has 0 spiro atoms. The van der Waals surface area contributed by atoms with Gasteiger partial charge in [-0.25, -0.2) is 0 Å². The number of carbonyl (C=O) groups is 1. The maximum absolute atomic E-state index is 11.4. The molecule has 0 bridgehead atoms. The van der Waals surface area contributed by atoms with Crippen LogP contribution in [0.4, 0.5) is 0 Å². The van der Waals surface area contributed by atoms with E-state index in [9.17, 15) is 4.79 Å². The summed E-state index contributed by atoms with van der Waals surface area (Å²) in [5, 5.41) is 10.0. The zero-order valence-corrected chi connectivity index (χ0v) is 10.5. The van der Waals surface area contributed by atoms with Crippen LogP contribution >= 0.6 is 11.3 Å². The average molecular weight is 242 g/mol. The Labute approximate surface area is 100 Å². The second-order valence-electron chi connectivity index (χ2n) is 3.53. The lowest BCUT2D eigenvalue weighted by Crippen LogP contribution is -2.34. The molecule has 1 amide bonds. The highest BCUT2D eigenvalue weighted by molar-refractivity contribution is 7.08. The van der Waals surface area contributed by atoms with Crippen molar-refractivity contribution in [2.24, 2.45) is 0 Å². The van der Waals surface area contributed by atoms with Crippen molar-refractivity contribution in [3.63, 3.8) is 0 Å². The predicted octanol–water partition coefficient (Wildman–Crippen LogP) is 0.909. The van der Waals surface area contributed by atoms with Crippen molar-refractivity contribution in [3.05, 3.63) is 21.9 Å². The van der Waals surface area contributed by atoms with Gasteiger partial charge in [-0.1, -0.05) is 0 Å². The van der Waals surface area contributed by atoms with Crippen LogP contribution < -0.4 is 10.6 Å². The van der Waals surface area contributed by atoms with Gasteiger partial charge in [-0.05, 0) is 28.8 Å². The standard InChI is InChI=1S/C11H18N2O2S/c1-9-7-16-8-10(9)5-13-11(14)6-12-3-4-15-2/h7-8,12H,3-6H2,1-2H3,(H,13,14). The smallest absolute Gasteiger partial charge is 0.234 e. The molecule has 16 heavy (non-hydrogen) atoms. The first-order valence-electron chi connectivity index (χ1n) is 5.22. The molecule has 0 aromatic carbocycles. The SMILES string of the molecule is COCCNCC(=O)NCc1cscc1C. The Morgan fingerprint density at radius 2 is 2.31 bits per heavy atom. The summed E-state index contributed by atoms with van der Waals surface area (Å²) in [6, 6.07) is 0. The third-order valence-corrected chi connectivity index (χ3v) is 3.12. The number of hydrogen-bond donors (Lipinski definition) is 2. The van der Waals surface area contributed by atoms with Gasteiger partial charge < -0.3 is 15.4 Å². The van der Waals surface area contributed by atoms with Crippen molar-refractivity contribution >= 4 is 17.2 Å². The third kappa shape index (κ3) is 4.74. The number of hydrogen-bond acceptors (Lipinski definition) is 4. The van der Waals surface area contributed by atoms with Crippen LogP contribution in [0, 0.1) is 6.92 Å². The van der Waals surface area contributed by atoms with Crippen LogP contribution in [0.3, 0.4) is 0 Å². The minimum absolute atomic E-state index is 0.0155. The molecular formula is C11H18N2O2S. The molecule has 90 valence electrons. The molecule has 2 N–H and O–H groups in total. The zero-order valence-electron chi connectivity index (χ0n) is 9.71.